The van der Waals surface area contributed by atoms with E-state index in [1.54, 1.807) is 6.92 Å². The zero-order valence-corrected chi connectivity index (χ0v) is 24.0. The number of hydrogen-bond acceptors (Lipinski definition) is 6. The molecule has 8 nitrogen and oxygen atoms in total. The molecule has 10 heteroatoms. The molecule has 0 unspecified atom stereocenters. The molecule has 0 saturated heterocycles. The molecule has 4 aromatic rings. The van der Waals surface area contributed by atoms with Crippen molar-refractivity contribution in [3.8, 4) is 22.5 Å². The number of amides is 2. The van der Waals surface area contributed by atoms with Gasteiger partial charge in [-0.2, -0.15) is 0 Å². The van der Waals surface area contributed by atoms with Gasteiger partial charge in [-0.05, 0) is 43.4 Å². The third kappa shape index (κ3) is 6.46. The lowest BCUT2D eigenvalue weighted by Crippen LogP contribution is -2.39. The van der Waals surface area contributed by atoms with Crippen LogP contribution in [0.5, 0.6) is 0 Å². The minimum absolute atomic E-state index is 0.108. The van der Waals surface area contributed by atoms with Crippen LogP contribution in [0.2, 0.25) is 0 Å². The number of rotatable bonds is 10. The molecule has 0 fully saturated rings. The standard InChI is InChI=1S/C29H32N4O4S2/c1-5-30-29(35)32-39(36,37)28-25(16-24(38-28)15-19(2)3)22-13-11-21(12-14-22)17-33-26(18-34)20(4)31-27(33)23-9-7-6-8-10-23/h6-14,16,18-19H,5,15,17H2,1-4H3,(H2,30,32,35). The number of carbonyl (C=O) groups is 2. The number of aldehydes is 1. The Morgan fingerprint density at radius 1 is 1.08 bits per heavy atom. The second-order valence-electron chi connectivity index (χ2n) is 9.65. The Kier molecular flexibility index (Phi) is 8.66. The van der Waals surface area contributed by atoms with Crippen molar-refractivity contribution in [2.45, 2.75) is 44.9 Å². The van der Waals surface area contributed by atoms with Crippen LogP contribution in [0.4, 0.5) is 4.79 Å². The van der Waals surface area contributed by atoms with Gasteiger partial charge >= 0.3 is 6.03 Å². The highest BCUT2D eigenvalue weighted by Gasteiger charge is 2.26. The first-order chi connectivity index (χ1) is 18.6. The number of aromatic nitrogens is 2. The highest BCUT2D eigenvalue weighted by Crippen LogP contribution is 2.36. The first kappa shape index (κ1) is 28.3. The number of benzene rings is 2. The lowest BCUT2D eigenvalue weighted by Gasteiger charge is -2.11. The Hall–Kier alpha value is -3.76. The zero-order valence-electron chi connectivity index (χ0n) is 22.4. The minimum Gasteiger partial charge on any atom is -0.338 e. The molecule has 0 aliphatic rings. The fourth-order valence-corrected chi connectivity index (χ4v) is 7.25. The summed E-state index contributed by atoms with van der Waals surface area (Å²) in [6.07, 6.45) is 1.55. The van der Waals surface area contributed by atoms with Gasteiger partial charge in [-0.25, -0.2) is 22.9 Å². The summed E-state index contributed by atoms with van der Waals surface area (Å²) < 4.78 is 30.4. The van der Waals surface area contributed by atoms with Crippen LogP contribution < -0.4 is 10.0 Å². The van der Waals surface area contributed by atoms with Crippen molar-refractivity contribution in [2.75, 3.05) is 6.54 Å². The first-order valence-electron chi connectivity index (χ1n) is 12.7. The molecule has 2 aromatic heterocycles. The van der Waals surface area contributed by atoms with Crippen molar-refractivity contribution in [1.29, 1.82) is 0 Å². The number of carbonyl (C=O) groups excluding carboxylic acids is 2. The third-order valence-corrected chi connectivity index (χ3v) is 9.13. The van der Waals surface area contributed by atoms with Crippen LogP contribution in [0, 0.1) is 12.8 Å². The van der Waals surface area contributed by atoms with Gasteiger partial charge in [0.25, 0.3) is 10.0 Å². The summed E-state index contributed by atoms with van der Waals surface area (Å²) in [4.78, 5) is 29.5. The fourth-order valence-electron chi connectivity index (χ4n) is 4.37. The summed E-state index contributed by atoms with van der Waals surface area (Å²) in [6.45, 7) is 8.42. The summed E-state index contributed by atoms with van der Waals surface area (Å²) in [5, 5.41) is 2.47. The summed E-state index contributed by atoms with van der Waals surface area (Å²) >= 11 is 1.18. The second kappa shape index (κ2) is 12.0. The van der Waals surface area contributed by atoms with Gasteiger partial charge < -0.3 is 9.88 Å². The smallest absolute Gasteiger partial charge is 0.328 e. The molecule has 0 spiro atoms. The van der Waals surface area contributed by atoms with Gasteiger partial charge in [-0.15, -0.1) is 11.3 Å². The van der Waals surface area contributed by atoms with Crippen LogP contribution in [0.25, 0.3) is 22.5 Å². The van der Waals surface area contributed by atoms with Gasteiger partial charge in [0.05, 0.1) is 5.69 Å². The predicted molar refractivity (Wildman–Crippen MR) is 155 cm³/mol. The van der Waals surface area contributed by atoms with E-state index in [-0.39, 0.29) is 4.21 Å². The van der Waals surface area contributed by atoms with E-state index >= 15 is 0 Å². The maximum atomic E-state index is 13.2. The van der Waals surface area contributed by atoms with Crippen LogP contribution in [-0.4, -0.2) is 36.8 Å². The van der Waals surface area contributed by atoms with E-state index in [2.05, 4.69) is 28.9 Å². The number of aryl methyl sites for hydroxylation is 1. The van der Waals surface area contributed by atoms with Crippen LogP contribution in [0.3, 0.4) is 0 Å². The molecule has 0 bridgehead atoms. The molecule has 0 atom stereocenters. The fraction of sp³-hybridized carbons (Fsp3) is 0.276. The Morgan fingerprint density at radius 2 is 1.77 bits per heavy atom. The van der Waals surface area contributed by atoms with Gasteiger partial charge in [0.2, 0.25) is 0 Å². The highest BCUT2D eigenvalue weighted by atomic mass is 32.2. The molecule has 204 valence electrons. The second-order valence-corrected chi connectivity index (χ2v) is 12.7. The number of thiophene rings is 1. The van der Waals surface area contributed by atoms with Crippen molar-refractivity contribution in [1.82, 2.24) is 19.6 Å². The van der Waals surface area contributed by atoms with E-state index in [1.165, 1.54) is 11.3 Å². The number of imidazole rings is 1. The summed E-state index contributed by atoms with van der Waals surface area (Å²) in [5.74, 6) is 1.05. The van der Waals surface area contributed by atoms with E-state index in [0.717, 1.165) is 34.3 Å². The molecule has 0 saturated carbocycles. The molecule has 0 aliphatic heterocycles. The molecular formula is C29H32N4O4S2. The molecule has 39 heavy (non-hydrogen) atoms. The van der Waals surface area contributed by atoms with Crippen molar-refractivity contribution in [3.05, 3.63) is 82.5 Å². The monoisotopic (exact) mass is 564 g/mol. The molecule has 2 heterocycles. The van der Waals surface area contributed by atoms with Crippen molar-refractivity contribution in [2.24, 2.45) is 5.92 Å². The van der Waals surface area contributed by atoms with E-state index in [4.69, 9.17) is 0 Å². The van der Waals surface area contributed by atoms with E-state index in [9.17, 15) is 18.0 Å². The topological polar surface area (TPSA) is 110 Å². The predicted octanol–water partition coefficient (Wildman–Crippen LogP) is 5.65. The number of hydrogen-bond donors (Lipinski definition) is 2. The minimum atomic E-state index is -4.07. The molecular weight excluding hydrogens is 532 g/mol. The lowest BCUT2D eigenvalue weighted by atomic mass is 10.0. The van der Waals surface area contributed by atoms with Crippen molar-refractivity contribution in [3.63, 3.8) is 0 Å². The van der Waals surface area contributed by atoms with Gasteiger partial charge in [0, 0.05) is 29.1 Å². The van der Waals surface area contributed by atoms with Gasteiger partial charge in [0.1, 0.15) is 15.7 Å². The molecule has 0 radical (unpaired) electrons. The van der Waals surface area contributed by atoms with Crippen LogP contribution in [-0.2, 0) is 23.0 Å². The average molecular weight is 565 g/mol. The van der Waals surface area contributed by atoms with Gasteiger partial charge in [0.15, 0.2) is 6.29 Å². The molecule has 2 amide bonds. The Morgan fingerprint density at radius 3 is 2.38 bits per heavy atom. The van der Waals surface area contributed by atoms with Crippen LogP contribution in [0.1, 0.15) is 47.4 Å². The number of nitrogens with zero attached hydrogens (tertiary/aromatic N) is 2. The Balaban J connectivity index is 1.69. The maximum Gasteiger partial charge on any atom is 0.328 e. The molecule has 4 rings (SSSR count). The maximum absolute atomic E-state index is 13.2. The zero-order chi connectivity index (χ0) is 28.2. The highest BCUT2D eigenvalue weighted by molar-refractivity contribution is 7.92. The SMILES string of the molecule is CCNC(=O)NS(=O)(=O)c1sc(CC(C)C)cc1-c1ccc(Cn2c(-c3ccccc3)nc(C)c2C=O)cc1. The lowest BCUT2D eigenvalue weighted by molar-refractivity contribution is 0.111. The third-order valence-electron chi connectivity index (χ3n) is 6.11. The average Bonchev–Trinajstić information content (AvgIpc) is 3.45. The summed E-state index contributed by atoms with van der Waals surface area (Å²) in [7, 11) is -4.07. The normalized spacial score (nSPS) is 11.5. The van der Waals surface area contributed by atoms with Crippen molar-refractivity contribution >= 4 is 33.7 Å². The quantitative estimate of drug-likeness (QED) is 0.242. The molecule has 2 aromatic carbocycles. The molecule has 0 aliphatic carbocycles. The van der Waals surface area contributed by atoms with Gasteiger partial charge in [-0.3, -0.25) is 4.79 Å². The van der Waals surface area contributed by atoms with Crippen LogP contribution >= 0.6 is 11.3 Å². The van der Waals surface area contributed by atoms with E-state index < -0.39 is 16.1 Å². The summed E-state index contributed by atoms with van der Waals surface area (Å²) in [6, 6.07) is 18.4. The van der Waals surface area contributed by atoms with E-state index in [1.807, 2.05) is 72.2 Å². The Bertz CT molecular complexity index is 1570. The van der Waals surface area contributed by atoms with Crippen LogP contribution in [0.15, 0.2) is 64.9 Å². The number of sulfonamides is 1. The number of urea groups is 1. The number of nitrogens with one attached hydrogen (secondary N) is 2. The van der Waals surface area contributed by atoms with E-state index in [0.29, 0.717) is 41.8 Å². The van der Waals surface area contributed by atoms with Gasteiger partial charge in [-0.1, -0.05) is 68.4 Å². The molecule has 2 N–H and O–H groups in total. The largest absolute Gasteiger partial charge is 0.338 e. The summed E-state index contributed by atoms with van der Waals surface area (Å²) in [5.41, 5.74) is 4.29. The first-order valence-corrected chi connectivity index (χ1v) is 15.0. The Labute approximate surface area is 233 Å². The van der Waals surface area contributed by atoms with Crippen molar-refractivity contribution < 1.29 is 18.0 Å².